The van der Waals surface area contributed by atoms with E-state index < -0.39 is 0 Å². The first-order valence-corrected chi connectivity index (χ1v) is 10.9. The topological polar surface area (TPSA) is 37.2 Å². The van der Waals surface area contributed by atoms with E-state index in [1.54, 1.807) is 0 Å². The molecule has 3 rings (SSSR count). The van der Waals surface area contributed by atoms with Gasteiger partial charge in [0.1, 0.15) is 11.6 Å². The fourth-order valence-corrected chi connectivity index (χ4v) is 6.14. The summed E-state index contributed by atoms with van der Waals surface area (Å²) in [6.45, 7) is 3.26. The third-order valence-electron chi connectivity index (χ3n) is 4.78. The Labute approximate surface area is 148 Å². The molecule has 5 nitrogen and oxygen atoms in total. The highest BCUT2D eigenvalue weighted by Gasteiger charge is 2.30. The molecule has 2 fully saturated rings. The van der Waals surface area contributed by atoms with Gasteiger partial charge in [-0.05, 0) is 33.5 Å². The van der Waals surface area contributed by atoms with E-state index in [9.17, 15) is 0 Å². The maximum atomic E-state index is 4.54. The number of thioether (sulfide) groups is 2. The van der Waals surface area contributed by atoms with Gasteiger partial charge in [0.25, 0.3) is 0 Å². The van der Waals surface area contributed by atoms with E-state index in [4.69, 9.17) is 0 Å². The van der Waals surface area contributed by atoms with Crippen LogP contribution in [0.2, 0.25) is 0 Å². The van der Waals surface area contributed by atoms with Crippen molar-refractivity contribution >= 4 is 23.5 Å². The van der Waals surface area contributed by atoms with E-state index in [0.717, 1.165) is 25.0 Å². The van der Waals surface area contributed by atoms with Gasteiger partial charge in [-0.25, -0.2) is 0 Å². The number of aromatic nitrogens is 3. The average molecular weight is 356 g/mol. The van der Waals surface area contributed by atoms with Crippen LogP contribution in [0.1, 0.15) is 30.4 Å². The second-order valence-electron chi connectivity index (χ2n) is 6.91. The fraction of sp³-hybridized carbons (Fsp3) is 0.875. The normalized spacial score (nSPS) is 25.0. The van der Waals surface area contributed by atoms with Gasteiger partial charge in [0.15, 0.2) is 0 Å². The predicted octanol–water partition coefficient (Wildman–Crippen LogP) is 1.90. The minimum atomic E-state index is 0.537. The van der Waals surface area contributed by atoms with Crippen LogP contribution < -0.4 is 0 Å². The first-order chi connectivity index (χ1) is 11.1. The van der Waals surface area contributed by atoms with Crippen molar-refractivity contribution < 1.29 is 0 Å². The number of likely N-dealkylation sites (tertiary alicyclic amines) is 1. The van der Waals surface area contributed by atoms with E-state index in [1.807, 2.05) is 0 Å². The van der Waals surface area contributed by atoms with Gasteiger partial charge in [0, 0.05) is 48.6 Å². The van der Waals surface area contributed by atoms with E-state index in [0.29, 0.717) is 5.92 Å². The molecule has 3 heterocycles. The van der Waals surface area contributed by atoms with Gasteiger partial charge in [-0.3, -0.25) is 4.90 Å². The summed E-state index contributed by atoms with van der Waals surface area (Å²) in [5.41, 5.74) is 0. The van der Waals surface area contributed by atoms with Crippen LogP contribution in [-0.4, -0.2) is 80.8 Å². The van der Waals surface area contributed by atoms with E-state index in [2.05, 4.69) is 69.2 Å². The minimum absolute atomic E-state index is 0.537. The maximum Gasteiger partial charge on any atom is 0.146 e. The molecule has 7 heteroatoms. The molecular formula is C16H29N5S2. The standard InChI is InChI=1S/C16H29N5S2/c1-19(2)10-15-17-18-16(20(15)3)13-5-4-6-21(9-13)14-11-22-7-8-23-12-14/h13-14H,4-12H2,1-3H3/t13-/m1/s1. The summed E-state index contributed by atoms with van der Waals surface area (Å²) >= 11 is 4.25. The van der Waals surface area contributed by atoms with Crippen LogP contribution in [-0.2, 0) is 13.6 Å². The van der Waals surface area contributed by atoms with Crippen LogP contribution in [0.25, 0.3) is 0 Å². The SMILES string of the molecule is CN(C)Cc1nnc([C@@H]2CCCN(C3CSCCSC3)C2)n1C. The molecule has 0 aliphatic carbocycles. The van der Waals surface area contributed by atoms with E-state index in [1.165, 1.54) is 48.2 Å². The molecule has 0 aromatic carbocycles. The Bertz CT molecular complexity index is 497. The zero-order valence-corrected chi connectivity index (χ0v) is 16.2. The molecule has 0 radical (unpaired) electrons. The Morgan fingerprint density at radius 2 is 1.91 bits per heavy atom. The maximum absolute atomic E-state index is 4.54. The number of nitrogens with zero attached hydrogens (tertiary/aromatic N) is 5. The quantitative estimate of drug-likeness (QED) is 0.821. The lowest BCUT2D eigenvalue weighted by Gasteiger charge is -2.37. The van der Waals surface area contributed by atoms with Crippen molar-refractivity contribution in [1.82, 2.24) is 24.6 Å². The lowest BCUT2D eigenvalue weighted by molar-refractivity contribution is 0.168. The third-order valence-corrected chi connectivity index (χ3v) is 7.27. The van der Waals surface area contributed by atoms with Gasteiger partial charge in [0.2, 0.25) is 0 Å². The molecule has 2 aliphatic rings. The number of rotatable bonds is 4. The molecule has 23 heavy (non-hydrogen) atoms. The van der Waals surface area contributed by atoms with Crippen LogP contribution >= 0.6 is 23.5 Å². The van der Waals surface area contributed by atoms with Gasteiger partial charge in [-0.2, -0.15) is 23.5 Å². The van der Waals surface area contributed by atoms with E-state index in [-0.39, 0.29) is 0 Å². The summed E-state index contributed by atoms with van der Waals surface area (Å²) in [5.74, 6) is 8.01. The molecule has 1 aromatic rings. The Hall–Kier alpha value is -0.240. The van der Waals surface area contributed by atoms with Gasteiger partial charge >= 0.3 is 0 Å². The van der Waals surface area contributed by atoms with Crippen molar-refractivity contribution in [2.24, 2.45) is 7.05 Å². The summed E-state index contributed by atoms with van der Waals surface area (Å²) in [5, 5.41) is 8.97. The molecule has 1 atom stereocenters. The van der Waals surface area contributed by atoms with Crippen molar-refractivity contribution in [2.45, 2.75) is 31.3 Å². The van der Waals surface area contributed by atoms with Crippen LogP contribution in [0.5, 0.6) is 0 Å². The number of hydrogen-bond donors (Lipinski definition) is 0. The zero-order chi connectivity index (χ0) is 16.2. The Morgan fingerprint density at radius 1 is 1.17 bits per heavy atom. The molecule has 0 spiro atoms. The molecule has 0 unspecified atom stereocenters. The van der Waals surface area contributed by atoms with Crippen molar-refractivity contribution in [2.75, 3.05) is 50.2 Å². The summed E-state index contributed by atoms with van der Waals surface area (Å²) < 4.78 is 2.23. The average Bonchev–Trinajstić information content (AvgIpc) is 2.77. The minimum Gasteiger partial charge on any atom is -0.317 e. The molecule has 0 bridgehead atoms. The van der Waals surface area contributed by atoms with Gasteiger partial charge in [-0.1, -0.05) is 0 Å². The molecule has 0 N–H and O–H groups in total. The fourth-order valence-electron chi connectivity index (χ4n) is 3.52. The predicted molar refractivity (Wildman–Crippen MR) is 100 cm³/mol. The second kappa shape index (κ2) is 8.23. The lowest BCUT2D eigenvalue weighted by Crippen LogP contribution is -2.44. The zero-order valence-electron chi connectivity index (χ0n) is 14.6. The molecule has 2 saturated heterocycles. The Balaban J connectivity index is 1.67. The number of piperidine rings is 1. The van der Waals surface area contributed by atoms with Crippen LogP contribution in [0, 0.1) is 0 Å². The first-order valence-electron chi connectivity index (χ1n) is 8.57. The Morgan fingerprint density at radius 3 is 2.61 bits per heavy atom. The monoisotopic (exact) mass is 355 g/mol. The third kappa shape index (κ3) is 4.44. The second-order valence-corrected chi connectivity index (χ2v) is 9.21. The lowest BCUT2D eigenvalue weighted by atomic mass is 9.96. The first kappa shape index (κ1) is 17.6. The van der Waals surface area contributed by atoms with Crippen molar-refractivity contribution in [3.05, 3.63) is 11.6 Å². The molecule has 130 valence electrons. The highest BCUT2D eigenvalue weighted by atomic mass is 32.2. The smallest absolute Gasteiger partial charge is 0.146 e. The largest absolute Gasteiger partial charge is 0.317 e. The van der Waals surface area contributed by atoms with Crippen LogP contribution in [0.4, 0.5) is 0 Å². The van der Waals surface area contributed by atoms with Gasteiger partial charge in [0.05, 0.1) is 6.54 Å². The summed E-state index contributed by atoms with van der Waals surface area (Å²) in [6.07, 6.45) is 2.53. The summed E-state index contributed by atoms with van der Waals surface area (Å²) in [7, 11) is 6.29. The number of hydrogen-bond acceptors (Lipinski definition) is 6. The molecule has 0 amide bonds. The summed E-state index contributed by atoms with van der Waals surface area (Å²) in [4.78, 5) is 4.88. The molecule has 2 aliphatic heterocycles. The molecule has 0 saturated carbocycles. The van der Waals surface area contributed by atoms with Crippen molar-refractivity contribution in [3.63, 3.8) is 0 Å². The highest BCUT2D eigenvalue weighted by molar-refractivity contribution is 8.03. The van der Waals surface area contributed by atoms with E-state index >= 15 is 0 Å². The van der Waals surface area contributed by atoms with Crippen molar-refractivity contribution in [1.29, 1.82) is 0 Å². The van der Waals surface area contributed by atoms with Crippen LogP contribution in [0.15, 0.2) is 0 Å². The highest BCUT2D eigenvalue weighted by Crippen LogP contribution is 2.29. The van der Waals surface area contributed by atoms with Crippen LogP contribution in [0.3, 0.4) is 0 Å². The van der Waals surface area contributed by atoms with Crippen molar-refractivity contribution in [3.8, 4) is 0 Å². The molecule has 1 aromatic heterocycles. The molecular weight excluding hydrogens is 326 g/mol. The van der Waals surface area contributed by atoms with Gasteiger partial charge < -0.3 is 9.47 Å². The van der Waals surface area contributed by atoms with Gasteiger partial charge in [-0.15, -0.1) is 10.2 Å². The summed E-state index contributed by atoms with van der Waals surface area (Å²) in [6, 6.07) is 0.741. The Kier molecular flexibility index (Phi) is 6.29.